The number of rotatable bonds is 6. The first-order valence-corrected chi connectivity index (χ1v) is 11.3. The van der Waals surface area contributed by atoms with Gasteiger partial charge in [-0.3, -0.25) is 4.90 Å². The van der Waals surface area contributed by atoms with Crippen LogP contribution in [0.25, 0.3) is 0 Å². The van der Waals surface area contributed by atoms with E-state index in [4.69, 9.17) is 9.47 Å². The monoisotopic (exact) mass is 459 g/mol. The van der Waals surface area contributed by atoms with Gasteiger partial charge in [0.25, 0.3) is 0 Å². The minimum atomic E-state index is 0.322. The fraction of sp³-hybridized carbons (Fsp3) is 0.478. The summed E-state index contributed by atoms with van der Waals surface area (Å²) in [6, 6.07) is 14.9. The Labute approximate surface area is 182 Å². The molecule has 1 N–H and O–H groups in total. The van der Waals surface area contributed by atoms with Gasteiger partial charge in [-0.1, -0.05) is 12.1 Å². The summed E-state index contributed by atoms with van der Waals surface area (Å²) < 4.78 is 12.6. The lowest BCUT2D eigenvalue weighted by Gasteiger charge is -2.36. The second kappa shape index (κ2) is 9.83. The van der Waals surface area contributed by atoms with E-state index in [1.165, 1.54) is 11.3 Å². The topological polar surface area (TPSA) is 37.0 Å². The number of halogens is 1. The molecule has 0 amide bonds. The average Bonchev–Trinajstić information content (AvgIpc) is 2.77. The number of anilines is 1. The van der Waals surface area contributed by atoms with Gasteiger partial charge in [0.2, 0.25) is 0 Å². The van der Waals surface area contributed by atoms with Gasteiger partial charge in [-0.05, 0) is 71.7 Å². The number of ether oxygens (including phenoxy) is 2. The lowest BCUT2D eigenvalue weighted by molar-refractivity contribution is 0.161. The molecule has 0 radical (unpaired) electrons. The Morgan fingerprint density at radius 2 is 1.83 bits per heavy atom. The first-order chi connectivity index (χ1) is 14.2. The van der Waals surface area contributed by atoms with E-state index in [9.17, 15) is 0 Å². The van der Waals surface area contributed by atoms with Crippen molar-refractivity contribution < 1.29 is 9.47 Å². The van der Waals surface area contributed by atoms with E-state index in [1.807, 2.05) is 6.07 Å². The molecule has 156 valence electrons. The Morgan fingerprint density at radius 3 is 2.55 bits per heavy atom. The Balaban J connectivity index is 1.30. The maximum atomic E-state index is 6.20. The van der Waals surface area contributed by atoms with Crippen LogP contribution in [0.2, 0.25) is 0 Å². The molecule has 2 aliphatic heterocycles. The fourth-order valence-electron chi connectivity index (χ4n) is 4.06. The van der Waals surface area contributed by atoms with Crippen molar-refractivity contribution in [3.63, 3.8) is 0 Å². The van der Waals surface area contributed by atoms with Crippen molar-refractivity contribution in [1.29, 1.82) is 0 Å². The molecule has 2 aromatic rings. The third kappa shape index (κ3) is 5.44. The van der Waals surface area contributed by atoms with Crippen LogP contribution < -0.4 is 19.7 Å². The first-order valence-electron chi connectivity index (χ1n) is 10.5. The molecular weight excluding hydrogens is 430 g/mol. The van der Waals surface area contributed by atoms with Crippen molar-refractivity contribution in [3.8, 4) is 11.5 Å². The summed E-state index contributed by atoms with van der Waals surface area (Å²) in [6.07, 6.45) is 2.47. The van der Waals surface area contributed by atoms with Gasteiger partial charge in [-0.25, -0.2) is 0 Å². The number of hydrogen-bond donors (Lipinski definition) is 1. The molecule has 2 heterocycles. The molecule has 2 aromatic carbocycles. The highest BCUT2D eigenvalue weighted by atomic mass is 79.9. The maximum absolute atomic E-state index is 6.20. The number of nitrogens with zero attached hydrogens (tertiary/aromatic N) is 2. The molecule has 0 aromatic heterocycles. The molecule has 0 atom stereocenters. The van der Waals surface area contributed by atoms with Crippen molar-refractivity contribution >= 4 is 21.6 Å². The van der Waals surface area contributed by atoms with Crippen molar-refractivity contribution in [3.05, 3.63) is 52.5 Å². The minimum absolute atomic E-state index is 0.322. The number of piperidine rings is 1. The molecule has 2 aliphatic rings. The summed E-state index contributed by atoms with van der Waals surface area (Å²) in [7, 11) is 1.72. The summed E-state index contributed by atoms with van der Waals surface area (Å²) in [5.41, 5.74) is 2.57. The highest BCUT2D eigenvalue weighted by Gasteiger charge is 2.19. The smallest absolute Gasteiger partial charge is 0.133 e. The summed E-state index contributed by atoms with van der Waals surface area (Å²) in [4.78, 5) is 4.96. The number of benzene rings is 2. The van der Waals surface area contributed by atoms with Gasteiger partial charge in [-0.15, -0.1) is 0 Å². The van der Waals surface area contributed by atoms with Crippen molar-refractivity contribution in [2.24, 2.45) is 0 Å². The number of nitrogens with one attached hydrogen (secondary N) is 1. The van der Waals surface area contributed by atoms with Gasteiger partial charge >= 0.3 is 0 Å². The van der Waals surface area contributed by atoms with Crippen molar-refractivity contribution in [1.82, 2.24) is 10.2 Å². The highest BCUT2D eigenvalue weighted by molar-refractivity contribution is 9.10. The quantitative estimate of drug-likeness (QED) is 0.708. The summed E-state index contributed by atoms with van der Waals surface area (Å²) >= 11 is 3.71. The summed E-state index contributed by atoms with van der Waals surface area (Å²) in [5.74, 6) is 1.88. The van der Waals surface area contributed by atoms with Gasteiger partial charge in [-0.2, -0.15) is 0 Å². The summed E-state index contributed by atoms with van der Waals surface area (Å²) in [6.45, 7) is 7.24. The molecule has 0 saturated carbocycles. The van der Waals surface area contributed by atoms with Crippen molar-refractivity contribution in [2.45, 2.75) is 25.5 Å². The van der Waals surface area contributed by atoms with Crippen LogP contribution in [0.4, 0.5) is 5.69 Å². The number of hydrogen-bond acceptors (Lipinski definition) is 5. The lowest BCUT2D eigenvalue weighted by atomic mass is 10.1. The van der Waals surface area contributed by atoms with Crippen LogP contribution in [-0.2, 0) is 6.54 Å². The highest BCUT2D eigenvalue weighted by Crippen LogP contribution is 2.29. The zero-order chi connectivity index (χ0) is 20.1. The number of piperazine rings is 1. The van der Waals surface area contributed by atoms with Crippen LogP contribution in [0.15, 0.2) is 46.9 Å². The molecule has 2 fully saturated rings. The van der Waals surface area contributed by atoms with Crippen molar-refractivity contribution in [2.75, 3.05) is 51.3 Å². The predicted octanol–water partition coefficient (Wildman–Crippen LogP) is 3.91. The first kappa shape index (κ1) is 20.5. The molecule has 29 heavy (non-hydrogen) atoms. The molecule has 0 aliphatic carbocycles. The predicted molar refractivity (Wildman–Crippen MR) is 121 cm³/mol. The Morgan fingerprint density at radius 1 is 1.03 bits per heavy atom. The summed E-state index contributed by atoms with van der Waals surface area (Å²) in [5, 5.41) is 3.38. The van der Waals surface area contributed by atoms with Gasteiger partial charge in [0.1, 0.15) is 17.6 Å². The maximum Gasteiger partial charge on any atom is 0.133 e. The van der Waals surface area contributed by atoms with E-state index in [0.29, 0.717) is 6.10 Å². The van der Waals surface area contributed by atoms with Crippen LogP contribution in [0.3, 0.4) is 0 Å². The Hall–Kier alpha value is -1.76. The molecule has 4 rings (SSSR count). The zero-order valence-corrected chi connectivity index (χ0v) is 18.7. The Kier molecular flexibility index (Phi) is 6.95. The lowest BCUT2D eigenvalue weighted by Crippen LogP contribution is -2.45. The molecule has 0 bridgehead atoms. The van der Waals surface area contributed by atoms with E-state index in [-0.39, 0.29) is 0 Å². The van der Waals surface area contributed by atoms with E-state index in [0.717, 1.165) is 74.6 Å². The molecule has 2 saturated heterocycles. The van der Waals surface area contributed by atoms with Gasteiger partial charge in [0.15, 0.2) is 0 Å². The zero-order valence-electron chi connectivity index (χ0n) is 17.1. The van der Waals surface area contributed by atoms with E-state index in [2.05, 4.69) is 67.4 Å². The average molecular weight is 460 g/mol. The fourth-order valence-corrected chi connectivity index (χ4v) is 4.58. The van der Waals surface area contributed by atoms with Crippen LogP contribution in [0, 0.1) is 0 Å². The third-order valence-electron chi connectivity index (χ3n) is 5.77. The molecule has 0 unspecified atom stereocenters. The van der Waals surface area contributed by atoms with Crippen LogP contribution in [-0.4, -0.2) is 57.4 Å². The SMILES string of the molecule is COc1cccc(N2CCN(Cc3ccc(OC4CCNCC4)c(Br)c3)CC2)c1. The van der Waals surface area contributed by atoms with Crippen LogP contribution in [0.5, 0.6) is 11.5 Å². The van der Waals surface area contributed by atoms with Crippen LogP contribution >= 0.6 is 15.9 Å². The molecular formula is C23H30BrN3O2. The second-order valence-corrected chi connectivity index (χ2v) is 8.65. The van der Waals surface area contributed by atoms with Gasteiger partial charge < -0.3 is 19.7 Å². The van der Waals surface area contributed by atoms with E-state index in [1.54, 1.807) is 7.11 Å². The molecule has 5 nitrogen and oxygen atoms in total. The largest absolute Gasteiger partial charge is 0.497 e. The second-order valence-electron chi connectivity index (χ2n) is 7.80. The van der Waals surface area contributed by atoms with E-state index >= 15 is 0 Å². The normalized spacial score (nSPS) is 18.6. The Bertz CT molecular complexity index is 802. The third-order valence-corrected chi connectivity index (χ3v) is 6.39. The molecule has 6 heteroatoms. The van der Waals surface area contributed by atoms with Gasteiger partial charge in [0, 0.05) is 44.5 Å². The minimum Gasteiger partial charge on any atom is -0.497 e. The number of methoxy groups -OCH3 is 1. The van der Waals surface area contributed by atoms with E-state index < -0.39 is 0 Å². The van der Waals surface area contributed by atoms with Gasteiger partial charge in [0.05, 0.1) is 11.6 Å². The standard InChI is InChI=1S/C23H30BrN3O2/c1-28-21-4-2-3-19(16-21)27-13-11-26(12-14-27)17-18-5-6-23(22(24)15-18)29-20-7-9-25-10-8-20/h2-6,15-16,20,25H,7-14,17H2,1H3. The molecule has 0 spiro atoms. The van der Waals surface area contributed by atoms with Crippen LogP contribution in [0.1, 0.15) is 18.4 Å².